The molecule has 0 fully saturated rings. The minimum absolute atomic E-state index is 0.243. The van der Waals surface area contributed by atoms with E-state index < -0.39 is 0 Å². The standard InChI is InChI=1S/C14H18O/c1-3-4-8-12(2)11-14(15)13-9-6-5-7-10-13/h3,5-7,9-10,12H,1,4,8,11H2,2H3. The minimum atomic E-state index is 0.243. The highest BCUT2D eigenvalue weighted by molar-refractivity contribution is 5.96. The molecule has 0 radical (unpaired) electrons. The van der Waals surface area contributed by atoms with Crippen LogP contribution in [-0.4, -0.2) is 5.78 Å². The normalized spacial score (nSPS) is 12.1. The average Bonchev–Trinajstić information content (AvgIpc) is 2.27. The van der Waals surface area contributed by atoms with Gasteiger partial charge in [0.25, 0.3) is 0 Å². The summed E-state index contributed by atoms with van der Waals surface area (Å²) < 4.78 is 0. The van der Waals surface area contributed by atoms with Crippen LogP contribution in [-0.2, 0) is 0 Å². The molecule has 0 bridgehead atoms. The molecule has 15 heavy (non-hydrogen) atoms. The van der Waals surface area contributed by atoms with E-state index in [0.29, 0.717) is 12.3 Å². The molecule has 1 rings (SSSR count). The number of carbonyl (C=O) groups is 1. The number of ketones is 1. The third kappa shape index (κ3) is 4.11. The summed E-state index contributed by atoms with van der Waals surface area (Å²) in [6.45, 7) is 5.80. The molecular formula is C14H18O. The number of carbonyl (C=O) groups excluding carboxylic acids is 1. The molecule has 0 aliphatic carbocycles. The Kier molecular flexibility index (Phi) is 4.82. The van der Waals surface area contributed by atoms with Gasteiger partial charge in [-0.05, 0) is 18.8 Å². The first-order valence-electron chi connectivity index (χ1n) is 5.43. The van der Waals surface area contributed by atoms with Crippen LogP contribution in [0.15, 0.2) is 43.0 Å². The van der Waals surface area contributed by atoms with Crippen LogP contribution < -0.4 is 0 Å². The Labute approximate surface area is 91.8 Å². The fourth-order valence-electron chi connectivity index (χ4n) is 1.56. The molecule has 1 atom stereocenters. The molecule has 1 unspecified atom stereocenters. The summed E-state index contributed by atoms with van der Waals surface area (Å²) in [5, 5.41) is 0. The second-order valence-electron chi connectivity index (χ2n) is 3.96. The number of hydrogen-bond donors (Lipinski definition) is 0. The molecule has 0 N–H and O–H groups in total. The molecule has 80 valence electrons. The molecule has 0 heterocycles. The Morgan fingerprint density at radius 2 is 2.07 bits per heavy atom. The van der Waals surface area contributed by atoms with Gasteiger partial charge in [0.1, 0.15) is 0 Å². The van der Waals surface area contributed by atoms with Crippen LogP contribution in [0, 0.1) is 5.92 Å². The molecule has 0 spiro atoms. The smallest absolute Gasteiger partial charge is 0.163 e. The van der Waals surface area contributed by atoms with Gasteiger partial charge in [-0.1, -0.05) is 43.3 Å². The van der Waals surface area contributed by atoms with Crippen molar-refractivity contribution in [3.63, 3.8) is 0 Å². The average molecular weight is 202 g/mol. The van der Waals surface area contributed by atoms with Crippen LogP contribution in [0.5, 0.6) is 0 Å². The predicted molar refractivity (Wildman–Crippen MR) is 64.0 cm³/mol. The molecular weight excluding hydrogens is 184 g/mol. The SMILES string of the molecule is C=CCCC(C)CC(=O)c1ccccc1. The van der Waals surface area contributed by atoms with Gasteiger partial charge in [0.15, 0.2) is 5.78 Å². The van der Waals surface area contributed by atoms with Crippen LogP contribution in [0.25, 0.3) is 0 Å². The molecule has 0 aliphatic rings. The van der Waals surface area contributed by atoms with E-state index in [0.717, 1.165) is 18.4 Å². The van der Waals surface area contributed by atoms with Crippen LogP contribution in [0.1, 0.15) is 36.5 Å². The summed E-state index contributed by atoms with van der Waals surface area (Å²) in [7, 11) is 0. The molecule has 0 aromatic heterocycles. The number of Topliss-reactive ketones (excluding diaryl/α,β-unsaturated/α-hetero) is 1. The Morgan fingerprint density at radius 3 is 2.67 bits per heavy atom. The molecule has 1 nitrogen and oxygen atoms in total. The fourth-order valence-corrected chi connectivity index (χ4v) is 1.56. The van der Waals surface area contributed by atoms with Gasteiger partial charge in [-0.25, -0.2) is 0 Å². The van der Waals surface area contributed by atoms with Crippen LogP contribution >= 0.6 is 0 Å². The van der Waals surface area contributed by atoms with Crippen molar-refractivity contribution in [3.05, 3.63) is 48.6 Å². The van der Waals surface area contributed by atoms with Crippen molar-refractivity contribution in [1.82, 2.24) is 0 Å². The lowest BCUT2D eigenvalue weighted by molar-refractivity contribution is 0.0963. The third-order valence-corrected chi connectivity index (χ3v) is 2.49. The van der Waals surface area contributed by atoms with Crippen molar-refractivity contribution in [2.24, 2.45) is 5.92 Å². The van der Waals surface area contributed by atoms with E-state index in [4.69, 9.17) is 0 Å². The van der Waals surface area contributed by atoms with E-state index in [9.17, 15) is 4.79 Å². The van der Waals surface area contributed by atoms with Gasteiger partial charge in [-0.2, -0.15) is 0 Å². The molecule has 0 saturated carbocycles. The van der Waals surface area contributed by atoms with E-state index in [2.05, 4.69) is 13.5 Å². The van der Waals surface area contributed by atoms with Gasteiger partial charge >= 0.3 is 0 Å². The van der Waals surface area contributed by atoms with Gasteiger partial charge < -0.3 is 0 Å². The quantitative estimate of drug-likeness (QED) is 0.505. The van der Waals surface area contributed by atoms with E-state index in [-0.39, 0.29) is 5.78 Å². The minimum Gasteiger partial charge on any atom is -0.294 e. The first-order valence-corrected chi connectivity index (χ1v) is 5.43. The molecule has 1 aromatic rings. The van der Waals surface area contributed by atoms with Crippen LogP contribution in [0.4, 0.5) is 0 Å². The van der Waals surface area contributed by atoms with Gasteiger partial charge in [0, 0.05) is 12.0 Å². The van der Waals surface area contributed by atoms with Crippen LogP contribution in [0.2, 0.25) is 0 Å². The summed E-state index contributed by atoms with van der Waals surface area (Å²) in [5.41, 5.74) is 0.822. The molecule has 0 aliphatic heterocycles. The van der Waals surface area contributed by atoms with E-state index >= 15 is 0 Å². The van der Waals surface area contributed by atoms with Gasteiger partial charge in [-0.15, -0.1) is 6.58 Å². The second kappa shape index (κ2) is 6.18. The lowest BCUT2D eigenvalue weighted by Crippen LogP contribution is -2.05. The zero-order chi connectivity index (χ0) is 11.1. The van der Waals surface area contributed by atoms with Gasteiger partial charge in [-0.3, -0.25) is 4.79 Å². The Balaban J connectivity index is 2.45. The molecule has 0 saturated heterocycles. The Hall–Kier alpha value is -1.37. The largest absolute Gasteiger partial charge is 0.294 e. The number of allylic oxidation sites excluding steroid dienone is 1. The summed E-state index contributed by atoms with van der Waals surface area (Å²) in [6, 6.07) is 9.49. The van der Waals surface area contributed by atoms with Gasteiger partial charge in [0.2, 0.25) is 0 Å². The Morgan fingerprint density at radius 1 is 1.40 bits per heavy atom. The first kappa shape index (κ1) is 11.7. The zero-order valence-corrected chi connectivity index (χ0v) is 9.28. The highest BCUT2D eigenvalue weighted by atomic mass is 16.1. The number of hydrogen-bond acceptors (Lipinski definition) is 1. The van der Waals surface area contributed by atoms with Gasteiger partial charge in [0.05, 0.1) is 0 Å². The first-order chi connectivity index (χ1) is 7.24. The number of benzene rings is 1. The molecule has 1 heteroatoms. The molecule has 0 amide bonds. The Bertz CT molecular complexity index is 313. The monoisotopic (exact) mass is 202 g/mol. The van der Waals surface area contributed by atoms with Crippen molar-refractivity contribution in [2.45, 2.75) is 26.2 Å². The maximum Gasteiger partial charge on any atom is 0.163 e. The van der Waals surface area contributed by atoms with Crippen molar-refractivity contribution in [3.8, 4) is 0 Å². The zero-order valence-electron chi connectivity index (χ0n) is 9.28. The summed E-state index contributed by atoms with van der Waals surface area (Å²) in [4.78, 5) is 11.8. The summed E-state index contributed by atoms with van der Waals surface area (Å²) >= 11 is 0. The van der Waals surface area contributed by atoms with E-state index in [1.54, 1.807) is 0 Å². The third-order valence-electron chi connectivity index (χ3n) is 2.49. The second-order valence-corrected chi connectivity index (χ2v) is 3.96. The van der Waals surface area contributed by atoms with Crippen LogP contribution in [0.3, 0.4) is 0 Å². The van der Waals surface area contributed by atoms with Crippen molar-refractivity contribution < 1.29 is 4.79 Å². The maximum atomic E-state index is 11.8. The number of rotatable bonds is 6. The fraction of sp³-hybridized carbons (Fsp3) is 0.357. The van der Waals surface area contributed by atoms with E-state index in [1.807, 2.05) is 36.4 Å². The lowest BCUT2D eigenvalue weighted by atomic mass is 9.96. The lowest BCUT2D eigenvalue weighted by Gasteiger charge is -2.08. The maximum absolute atomic E-state index is 11.8. The van der Waals surface area contributed by atoms with E-state index in [1.165, 1.54) is 0 Å². The summed E-state index contributed by atoms with van der Waals surface area (Å²) in [6.07, 6.45) is 4.58. The highest BCUT2D eigenvalue weighted by Gasteiger charge is 2.09. The van der Waals surface area contributed by atoms with Crippen molar-refractivity contribution >= 4 is 5.78 Å². The topological polar surface area (TPSA) is 17.1 Å². The summed E-state index contributed by atoms with van der Waals surface area (Å²) in [5.74, 6) is 0.683. The van der Waals surface area contributed by atoms with Crippen molar-refractivity contribution in [1.29, 1.82) is 0 Å². The predicted octanol–water partition coefficient (Wildman–Crippen LogP) is 3.86. The highest BCUT2D eigenvalue weighted by Crippen LogP contribution is 2.14. The molecule has 1 aromatic carbocycles. The van der Waals surface area contributed by atoms with Crippen molar-refractivity contribution in [2.75, 3.05) is 0 Å².